The second-order valence-electron chi connectivity index (χ2n) is 4.18. The first kappa shape index (κ1) is 13.4. The third kappa shape index (κ3) is 6.86. The Hall–Kier alpha value is -0.610. The first-order valence-corrected chi connectivity index (χ1v) is 4.90. The molecular formula is C10H21NO3. The van der Waals surface area contributed by atoms with Gasteiger partial charge < -0.3 is 15.2 Å². The minimum atomic E-state index is -0.173. The Balaban J connectivity index is 3.34. The molecule has 84 valence electrons. The predicted octanol–water partition coefficient (Wildman–Crippen LogP) is 0.548. The van der Waals surface area contributed by atoms with E-state index in [-0.39, 0.29) is 18.0 Å². The molecule has 0 spiro atoms. The van der Waals surface area contributed by atoms with E-state index in [0.717, 1.165) is 19.5 Å². The molecule has 0 rings (SSSR count). The number of methoxy groups -OCH3 is 1. The number of aliphatic hydroxyl groups is 1. The minimum Gasteiger partial charge on any atom is -0.469 e. The van der Waals surface area contributed by atoms with Crippen molar-refractivity contribution in [2.75, 3.05) is 26.8 Å². The maximum absolute atomic E-state index is 10.7. The molecule has 0 unspecified atom stereocenters. The van der Waals surface area contributed by atoms with E-state index in [2.05, 4.69) is 10.1 Å². The molecule has 0 aliphatic rings. The van der Waals surface area contributed by atoms with Crippen molar-refractivity contribution in [1.82, 2.24) is 5.32 Å². The van der Waals surface area contributed by atoms with Crippen LogP contribution in [0.4, 0.5) is 0 Å². The van der Waals surface area contributed by atoms with Gasteiger partial charge in [-0.25, -0.2) is 0 Å². The van der Waals surface area contributed by atoms with Crippen LogP contribution in [0.15, 0.2) is 0 Å². The van der Waals surface area contributed by atoms with Crippen molar-refractivity contribution < 1.29 is 14.6 Å². The monoisotopic (exact) mass is 203 g/mol. The molecule has 0 fully saturated rings. The van der Waals surface area contributed by atoms with E-state index in [0.29, 0.717) is 6.42 Å². The van der Waals surface area contributed by atoms with Gasteiger partial charge in [0.1, 0.15) is 0 Å². The highest BCUT2D eigenvalue weighted by Gasteiger charge is 2.15. The predicted molar refractivity (Wildman–Crippen MR) is 55.0 cm³/mol. The molecular weight excluding hydrogens is 182 g/mol. The molecule has 0 saturated carbocycles. The Morgan fingerprint density at radius 1 is 1.50 bits per heavy atom. The molecule has 0 aliphatic carbocycles. The second kappa shape index (κ2) is 6.79. The van der Waals surface area contributed by atoms with Crippen molar-refractivity contribution in [2.45, 2.75) is 26.7 Å². The first-order chi connectivity index (χ1) is 6.52. The standard InChI is InChI=1S/C10H21NO3/c1-10(2,8-12)7-11-6-4-5-9(13)14-3/h11-12H,4-8H2,1-3H3. The van der Waals surface area contributed by atoms with Crippen LogP contribution in [0.3, 0.4) is 0 Å². The summed E-state index contributed by atoms with van der Waals surface area (Å²) in [7, 11) is 1.39. The van der Waals surface area contributed by atoms with E-state index in [1.807, 2.05) is 13.8 Å². The van der Waals surface area contributed by atoms with Gasteiger partial charge in [-0.05, 0) is 13.0 Å². The van der Waals surface area contributed by atoms with Crippen molar-refractivity contribution in [2.24, 2.45) is 5.41 Å². The summed E-state index contributed by atoms with van der Waals surface area (Å²) in [5, 5.41) is 12.2. The van der Waals surface area contributed by atoms with E-state index in [1.54, 1.807) is 0 Å². The lowest BCUT2D eigenvalue weighted by molar-refractivity contribution is -0.140. The third-order valence-corrected chi connectivity index (χ3v) is 1.99. The molecule has 4 heteroatoms. The molecule has 0 saturated heterocycles. The topological polar surface area (TPSA) is 58.6 Å². The van der Waals surface area contributed by atoms with Gasteiger partial charge in [0.2, 0.25) is 0 Å². The Morgan fingerprint density at radius 2 is 2.14 bits per heavy atom. The fraction of sp³-hybridized carbons (Fsp3) is 0.900. The number of aliphatic hydroxyl groups excluding tert-OH is 1. The smallest absolute Gasteiger partial charge is 0.305 e. The zero-order chi connectivity index (χ0) is 11.0. The lowest BCUT2D eigenvalue weighted by Gasteiger charge is -2.21. The zero-order valence-electron chi connectivity index (χ0n) is 9.30. The zero-order valence-corrected chi connectivity index (χ0v) is 9.30. The Kier molecular flexibility index (Phi) is 6.49. The highest BCUT2D eigenvalue weighted by molar-refractivity contribution is 5.68. The van der Waals surface area contributed by atoms with E-state index in [4.69, 9.17) is 5.11 Å². The van der Waals surface area contributed by atoms with Crippen molar-refractivity contribution in [1.29, 1.82) is 0 Å². The van der Waals surface area contributed by atoms with Crippen LogP contribution in [0.5, 0.6) is 0 Å². The summed E-state index contributed by atoms with van der Waals surface area (Å²) in [5.74, 6) is -0.173. The maximum Gasteiger partial charge on any atom is 0.305 e. The number of esters is 1. The number of carbonyl (C=O) groups is 1. The van der Waals surface area contributed by atoms with Gasteiger partial charge in [0.15, 0.2) is 0 Å². The molecule has 0 aromatic carbocycles. The first-order valence-electron chi connectivity index (χ1n) is 4.90. The molecule has 0 radical (unpaired) electrons. The number of ether oxygens (including phenoxy) is 1. The van der Waals surface area contributed by atoms with Crippen molar-refractivity contribution >= 4 is 5.97 Å². The van der Waals surface area contributed by atoms with Gasteiger partial charge in [-0.3, -0.25) is 4.79 Å². The van der Waals surface area contributed by atoms with Crippen LogP contribution in [0.2, 0.25) is 0 Å². The van der Waals surface area contributed by atoms with Gasteiger partial charge >= 0.3 is 5.97 Å². The molecule has 0 atom stereocenters. The molecule has 0 amide bonds. The summed E-state index contributed by atoms with van der Waals surface area (Å²) in [4.78, 5) is 10.7. The Morgan fingerprint density at radius 3 is 2.64 bits per heavy atom. The third-order valence-electron chi connectivity index (χ3n) is 1.99. The van der Waals surface area contributed by atoms with Crippen molar-refractivity contribution in [3.8, 4) is 0 Å². The molecule has 2 N–H and O–H groups in total. The second-order valence-corrected chi connectivity index (χ2v) is 4.18. The summed E-state index contributed by atoms with van der Waals surface area (Å²) >= 11 is 0. The molecule has 14 heavy (non-hydrogen) atoms. The average Bonchev–Trinajstić information content (AvgIpc) is 2.17. The molecule has 0 heterocycles. The summed E-state index contributed by atoms with van der Waals surface area (Å²) in [5.41, 5.74) is -0.0920. The maximum atomic E-state index is 10.7. The van der Waals surface area contributed by atoms with Gasteiger partial charge in [-0.15, -0.1) is 0 Å². The Labute approximate surface area is 85.6 Å². The van der Waals surface area contributed by atoms with Crippen LogP contribution >= 0.6 is 0 Å². The van der Waals surface area contributed by atoms with Crippen LogP contribution < -0.4 is 5.32 Å². The van der Waals surface area contributed by atoms with Crippen LogP contribution in [0, 0.1) is 5.41 Å². The number of nitrogens with one attached hydrogen (secondary N) is 1. The number of hydrogen-bond acceptors (Lipinski definition) is 4. The lowest BCUT2D eigenvalue weighted by atomic mass is 9.95. The highest BCUT2D eigenvalue weighted by atomic mass is 16.5. The average molecular weight is 203 g/mol. The van der Waals surface area contributed by atoms with Gasteiger partial charge in [0, 0.05) is 25.0 Å². The van der Waals surface area contributed by atoms with Crippen LogP contribution in [0.25, 0.3) is 0 Å². The van der Waals surface area contributed by atoms with Crippen LogP contribution in [-0.2, 0) is 9.53 Å². The van der Waals surface area contributed by atoms with E-state index in [1.165, 1.54) is 7.11 Å². The molecule has 4 nitrogen and oxygen atoms in total. The van der Waals surface area contributed by atoms with Crippen LogP contribution in [0.1, 0.15) is 26.7 Å². The van der Waals surface area contributed by atoms with E-state index >= 15 is 0 Å². The highest BCUT2D eigenvalue weighted by Crippen LogP contribution is 2.10. The molecule has 0 aliphatic heterocycles. The summed E-state index contributed by atoms with van der Waals surface area (Å²) in [6, 6.07) is 0. The SMILES string of the molecule is COC(=O)CCCNCC(C)(C)CO. The fourth-order valence-corrected chi connectivity index (χ4v) is 0.942. The minimum absolute atomic E-state index is 0.0920. The summed E-state index contributed by atoms with van der Waals surface area (Å²) < 4.78 is 4.51. The van der Waals surface area contributed by atoms with E-state index < -0.39 is 0 Å². The molecule has 0 aromatic rings. The van der Waals surface area contributed by atoms with E-state index in [9.17, 15) is 4.79 Å². The summed E-state index contributed by atoms with van der Waals surface area (Å²) in [6.45, 7) is 5.67. The number of rotatable bonds is 7. The lowest BCUT2D eigenvalue weighted by Crippen LogP contribution is -2.32. The molecule has 0 aromatic heterocycles. The number of hydrogen-bond donors (Lipinski definition) is 2. The number of carbonyl (C=O) groups excluding carboxylic acids is 1. The van der Waals surface area contributed by atoms with Gasteiger partial charge in [-0.2, -0.15) is 0 Å². The van der Waals surface area contributed by atoms with Gasteiger partial charge in [-0.1, -0.05) is 13.8 Å². The van der Waals surface area contributed by atoms with Gasteiger partial charge in [0.25, 0.3) is 0 Å². The fourth-order valence-electron chi connectivity index (χ4n) is 0.942. The summed E-state index contributed by atoms with van der Waals surface area (Å²) in [6.07, 6.45) is 1.22. The molecule has 0 bridgehead atoms. The Bertz CT molecular complexity index is 169. The normalized spacial score (nSPS) is 11.4. The largest absolute Gasteiger partial charge is 0.469 e. The quantitative estimate of drug-likeness (QED) is 0.468. The van der Waals surface area contributed by atoms with Gasteiger partial charge in [0.05, 0.1) is 7.11 Å². The van der Waals surface area contributed by atoms with Crippen molar-refractivity contribution in [3.05, 3.63) is 0 Å². The van der Waals surface area contributed by atoms with Crippen LogP contribution in [-0.4, -0.2) is 37.9 Å². The van der Waals surface area contributed by atoms with Crippen molar-refractivity contribution in [3.63, 3.8) is 0 Å².